The highest BCUT2D eigenvalue weighted by atomic mass is 35.5. The van der Waals surface area contributed by atoms with E-state index >= 15 is 0 Å². The van der Waals surface area contributed by atoms with Gasteiger partial charge < -0.3 is 9.88 Å². The Morgan fingerprint density at radius 3 is 2.77 bits per heavy atom. The van der Waals surface area contributed by atoms with Gasteiger partial charge in [0, 0.05) is 13.1 Å². The highest BCUT2D eigenvalue weighted by Gasteiger charge is 2.39. The second-order valence-corrected chi connectivity index (χ2v) is 11.3. The molecule has 182 valence electrons. The number of rotatable bonds is 4. The molecule has 0 radical (unpaired) electrons. The van der Waals surface area contributed by atoms with Crippen molar-refractivity contribution >= 4 is 49.5 Å². The van der Waals surface area contributed by atoms with Crippen LogP contribution in [-0.2, 0) is 10.0 Å². The molecule has 0 unspecified atom stereocenters. The van der Waals surface area contributed by atoms with Crippen LogP contribution in [0.1, 0.15) is 43.7 Å². The lowest BCUT2D eigenvalue weighted by Crippen LogP contribution is -2.41. The number of halogens is 1. The lowest BCUT2D eigenvalue weighted by Gasteiger charge is -2.31. The molecule has 13 heteroatoms. The molecule has 0 bridgehead atoms. The van der Waals surface area contributed by atoms with Gasteiger partial charge in [0.1, 0.15) is 23.8 Å². The van der Waals surface area contributed by atoms with Gasteiger partial charge in [-0.15, -0.1) is 0 Å². The molecule has 0 saturated carbocycles. The molecule has 2 atom stereocenters. The van der Waals surface area contributed by atoms with E-state index in [4.69, 9.17) is 16.6 Å². The van der Waals surface area contributed by atoms with E-state index in [1.54, 1.807) is 29.1 Å². The molecule has 1 aromatic carbocycles. The number of aromatic amines is 1. The number of fused-ring (bicyclic) bond motifs is 2. The summed E-state index contributed by atoms with van der Waals surface area (Å²) in [5.74, 6) is 1.15. The van der Waals surface area contributed by atoms with Gasteiger partial charge in [-0.25, -0.2) is 28.4 Å². The first-order chi connectivity index (χ1) is 16.8. The van der Waals surface area contributed by atoms with Gasteiger partial charge in [0.15, 0.2) is 11.5 Å². The third-order valence-electron chi connectivity index (χ3n) is 6.82. The van der Waals surface area contributed by atoms with E-state index in [1.165, 1.54) is 16.9 Å². The summed E-state index contributed by atoms with van der Waals surface area (Å²) in [6.45, 7) is 1.04. The van der Waals surface area contributed by atoms with Crippen molar-refractivity contribution in [2.24, 2.45) is 0 Å². The molecule has 3 aromatic heterocycles. The SMILES string of the molecule is CS(=O)(=O)N1CCC[C@H]1n1c([C@@H]2CCCN2c2ncnc3[nH]cnc23)nc2cccc(Cl)c2c1=O. The summed E-state index contributed by atoms with van der Waals surface area (Å²) in [4.78, 5) is 37.1. The summed E-state index contributed by atoms with van der Waals surface area (Å²) in [5, 5.41) is 0.584. The van der Waals surface area contributed by atoms with Crippen molar-refractivity contribution in [3.05, 3.63) is 52.1 Å². The number of H-pyrrole nitrogens is 1. The Labute approximate surface area is 205 Å². The van der Waals surface area contributed by atoms with Crippen molar-refractivity contribution < 1.29 is 8.42 Å². The zero-order chi connectivity index (χ0) is 24.3. The van der Waals surface area contributed by atoms with E-state index in [-0.39, 0.29) is 11.6 Å². The van der Waals surface area contributed by atoms with Gasteiger partial charge in [-0.2, -0.15) is 4.31 Å². The van der Waals surface area contributed by atoms with Crippen LogP contribution >= 0.6 is 11.6 Å². The van der Waals surface area contributed by atoms with Crippen LogP contribution in [0.25, 0.3) is 22.1 Å². The highest BCUT2D eigenvalue weighted by Crippen LogP contribution is 2.39. The molecule has 0 amide bonds. The molecule has 1 N–H and O–H groups in total. The van der Waals surface area contributed by atoms with Gasteiger partial charge in [-0.3, -0.25) is 9.36 Å². The number of anilines is 1. The standard InChI is InChI=1S/C22H23ClN8O3S/c1-35(33,34)30-10-4-8-16(30)31-20(28-14-6-2-5-13(23)17(14)22(31)32)15-7-3-9-29(15)21-18-19(25-11-24-18)26-12-27-21/h2,5-6,11-12,15-16H,3-4,7-10H2,1H3,(H,24,25,26,27)/t15-,16+/m0/s1. The first kappa shape index (κ1) is 22.4. The molecule has 2 fully saturated rings. The fourth-order valence-corrected chi connectivity index (χ4v) is 6.71. The topological polar surface area (TPSA) is 130 Å². The minimum absolute atomic E-state index is 0.291. The fourth-order valence-electron chi connectivity index (χ4n) is 5.36. The molecule has 0 aliphatic carbocycles. The van der Waals surface area contributed by atoms with Crippen LogP contribution in [-0.4, -0.2) is 61.6 Å². The molecule has 35 heavy (non-hydrogen) atoms. The summed E-state index contributed by atoms with van der Waals surface area (Å²) in [6, 6.07) is 4.86. The summed E-state index contributed by atoms with van der Waals surface area (Å²) in [7, 11) is -3.54. The van der Waals surface area contributed by atoms with E-state index in [0.29, 0.717) is 64.7 Å². The molecule has 6 rings (SSSR count). The van der Waals surface area contributed by atoms with Crippen molar-refractivity contribution in [2.45, 2.75) is 37.9 Å². The number of nitrogens with one attached hydrogen (secondary N) is 1. The lowest BCUT2D eigenvalue weighted by atomic mass is 10.1. The van der Waals surface area contributed by atoms with Crippen LogP contribution in [0.15, 0.2) is 35.6 Å². The molecular formula is C22H23ClN8O3S. The maximum atomic E-state index is 14.0. The maximum Gasteiger partial charge on any atom is 0.264 e. The van der Waals surface area contributed by atoms with E-state index < -0.39 is 16.2 Å². The number of benzene rings is 1. The van der Waals surface area contributed by atoms with Crippen molar-refractivity contribution in [1.82, 2.24) is 33.8 Å². The van der Waals surface area contributed by atoms with Crippen LogP contribution in [0.3, 0.4) is 0 Å². The van der Waals surface area contributed by atoms with Gasteiger partial charge in [0.05, 0.1) is 34.6 Å². The number of nitrogens with zero attached hydrogens (tertiary/aromatic N) is 7. The fraction of sp³-hybridized carbons (Fsp3) is 0.409. The first-order valence-electron chi connectivity index (χ1n) is 11.4. The predicted molar refractivity (Wildman–Crippen MR) is 132 cm³/mol. The Hall–Kier alpha value is -3.09. The molecule has 2 saturated heterocycles. The monoisotopic (exact) mass is 514 g/mol. The second-order valence-electron chi connectivity index (χ2n) is 8.92. The van der Waals surface area contributed by atoms with E-state index in [9.17, 15) is 13.2 Å². The Kier molecular flexibility index (Phi) is 5.27. The minimum Gasteiger partial charge on any atom is -0.344 e. The molecule has 2 aliphatic rings. The van der Waals surface area contributed by atoms with Crippen LogP contribution in [0.5, 0.6) is 0 Å². The summed E-state index contributed by atoms with van der Waals surface area (Å²) in [5.41, 5.74) is 1.40. The quantitative estimate of drug-likeness (QED) is 0.440. The maximum absolute atomic E-state index is 14.0. The Bertz CT molecular complexity index is 1620. The predicted octanol–water partition coefficient (Wildman–Crippen LogP) is 2.61. The van der Waals surface area contributed by atoms with Gasteiger partial charge in [-0.05, 0) is 37.8 Å². The number of aromatic nitrogens is 6. The largest absolute Gasteiger partial charge is 0.344 e. The zero-order valence-electron chi connectivity index (χ0n) is 18.9. The number of hydrogen-bond donors (Lipinski definition) is 1. The van der Waals surface area contributed by atoms with Crippen molar-refractivity contribution in [1.29, 1.82) is 0 Å². The van der Waals surface area contributed by atoms with Crippen LogP contribution in [0, 0.1) is 0 Å². The molecule has 4 aromatic rings. The van der Waals surface area contributed by atoms with Crippen molar-refractivity contribution in [3.63, 3.8) is 0 Å². The minimum atomic E-state index is -3.54. The number of hydrogen-bond acceptors (Lipinski definition) is 8. The Morgan fingerprint density at radius 1 is 1.11 bits per heavy atom. The molecular weight excluding hydrogens is 492 g/mol. The lowest BCUT2D eigenvalue weighted by molar-refractivity contribution is 0.291. The number of imidazole rings is 1. The zero-order valence-corrected chi connectivity index (χ0v) is 20.5. The molecule has 11 nitrogen and oxygen atoms in total. The molecule has 5 heterocycles. The van der Waals surface area contributed by atoms with Gasteiger partial charge in [0.25, 0.3) is 5.56 Å². The third kappa shape index (κ3) is 3.58. The normalized spacial score (nSPS) is 21.5. The molecule has 2 aliphatic heterocycles. The second kappa shape index (κ2) is 8.25. The van der Waals surface area contributed by atoms with E-state index in [1.807, 2.05) is 0 Å². The van der Waals surface area contributed by atoms with Crippen molar-refractivity contribution in [2.75, 3.05) is 24.2 Å². The van der Waals surface area contributed by atoms with E-state index in [0.717, 1.165) is 12.8 Å². The van der Waals surface area contributed by atoms with Gasteiger partial charge in [-0.1, -0.05) is 17.7 Å². The van der Waals surface area contributed by atoms with Crippen LogP contribution in [0.2, 0.25) is 5.02 Å². The van der Waals surface area contributed by atoms with Gasteiger partial charge >= 0.3 is 0 Å². The van der Waals surface area contributed by atoms with Crippen LogP contribution < -0.4 is 10.5 Å². The highest BCUT2D eigenvalue weighted by molar-refractivity contribution is 7.88. The van der Waals surface area contributed by atoms with Crippen LogP contribution in [0.4, 0.5) is 5.82 Å². The third-order valence-corrected chi connectivity index (χ3v) is 8.42. The summed E-state index contributed by atoms with van der Waals surface area (Å²) >= 11 is 6.43. The Balaban J connectivity index is 1.59. The Morgan fingerprint density at radius 2 is 1.94 bits per heavy atom. The summed E-state index contributed by atoms with van der Waals surface area (Å²) in [6.07, 6.45) is 6.30. The average Bonchev–Trinajstić information content (AvgIpc) is 3.58. The smallest absolute Gasteiger partial charge is 0.264 e. The van der Waals surface area contributed by atoms with E-state index in [2.05, 4.69) is 24.8 Å². The summed E-state index contributed by atoms with van der Waals surface area (Å²) < 4.78 is 28.2. The first-order valence-corrected chi connectivity index (χ1v) is 13.7. The van der Waals surface area contributed by atoms with Crippen molar-refractivity contribution in [3.8, 4) is 0 Å². The average molecular weight is 515 g/mol. The van der Waals surface area contributed by atoms with Gasteiger partial charge in [0.2, 0.25) is 10.0 Å². The number of sulfonamides is 1. The molecule has 0 spiro atoms.